The zero-order valence-corrected chi connectivity index (χ0v) is 11.8. The molecule has 0 atom stereocenters. The maximum atomic E-state index is 11.2. The molecule has 0 saturated heterocycles. The van der Waals surface area contributed by atoms with E-state index in [2.05, 4.69) is 0 Å². The van der Waals surface area contributed by atoms with Gasteiger partial charge in [0.25, 0.3) is 0 Å². The molecule has 0 radical (unpaired) electrons. The van der Waals surface area contributed by atoms with E-state index in [0.29, 0.717) is 15.6 Å². The van der Waals surface area contributed by atoms with E-state index in [1.807, 2.05) is 0 Å². The minimum Gasteiger partial charge on any atom is -0.488 e. The lowest BCUT2D eigenvalue weighted by Gasteiger charge is -2.12. The molecular formula is C14H11Cl2NO3. The number of aromatic carboxylic acids is 1. The van der Waals surface area contributed by atoms with Gasteiger partial charge in [0.05, 0.1) is 10.0 Å². The highest BCUT2D eigenvalue weighted by molar-refractivity contribution is 6.42. The Bertz CT molecular complexity index is 659. The summed E-state index contributed by atoms with van der Waals surface area (Å²) in [5.41, 5.74) is 6.38. The van der Waals surface area contributed by atoms with Crippen molar-refractivity contribution in [3.8, 4) is 5.75 Å². The molecule has 0 aliphatic rings. The minimum atomic E-state index is -1.14. The molecule has 20 heavy (non-hydrogen) atoms. The van der Waals surface area contributed by atoms with Crippen LogP contribution in [0.4, 0.5) is 5.69 Å². The first kappa shape index (κ1) is 14.5. The molecule has 104 valence electrons. The van der Waals surface area contributed by atoms with Crippen molar-refractivity contribution in [3.63, 3.8) is 0 Å². The summed E-state index contributed by atoms with van der Waals surface area (Å²) in [7, 11) is 0. The number of anilines is 1. The van der Waals surface area contributed by atoms with Crippen molar-refractivity contribution in [2.75, 3.05) is 5.73 Å². The maximum Gasteiger partial charge on any atom is 0.341 e. The molecule has 0 unspecified atom stereocenters. The quantitative estimate of drug-likeness (QED) is 0.841. The Morgan fingerprint density at radius 2 is 1.90 bits per heavy atom. The Labute approximate surface area is 125 Å². The number of halogens is 2. The lowest BCUT2D eigenvalue weighted by atomic mass is 10.1. The van der Waals surface area contributed by atoms with Crippen molar-refractivity contribution in [1.29, 1.82) is 0 Å². The highest BCUT2D eigenvalue weighted by Gasteiger charge is 2.15. The molecule has 0 aliphatic heterocycles. The smallest absolute Gasteiger partial charge is 0.341 e. The Hall–Kier alpha value is -1.91. The number of nitrogens with two attached hydrogens (primary N) is 1. The van der Waals surface area contributed by atoms with Gasteiger partial charge >= 0.3 is 5.97 Å². The number of hydrogen-bond acceptors (Lipinski definition) is 3. The molecule has 0 bridgehead atoms. The topological polar surface area (TPSA) is 72.5 Å². The predicted molar refractivity (Wildman–Crippen MR) is 78.6 cm³/mol. The first-order valence-electron chi connectivity index (χ1n) is 5.68. The van der Waals surface area contributed by atoms with Crippen LogP contribution in [0.15, 0.2) is 36.4 Å². The molecule has 0 aliphatic carbocycles. The standard InChI is InChI=1S/C14H11Cl2NO3/c15-9-4-1-3-8(13(9)16)7-20-11-6-2-5-10(17)12(11)14(18)19/h1-6H,7,17H2,(H,18,19). The highest BCUT2D eigenvalue weighted by atomic mass is 35.5. The van der Waals surface area contributed by atoms with Crippen LogP contribution in [0.3, 0.4) is 0 Å². The summed E-state index contributed by atoms with van der Waals surface area (Å²) < 4.78 is 5.50. The van der Waals surface area contributed by atoms with E-state index in [-0.39, 0.29) is 23.6 Å². The molecule has 2 rings (SSSR count). The predicted octanol–water partition coefficient (Wildman–Crippen LogP) is 3.85. The van der Waals surface area contributed by atoms with Crippen molar-refractivity contribution in [3.05, 3.63) is 57.6 Å². The Kier molecular flexibility index (Phi) is 4.37. The van der Waals surface area contributed by atoms with E-state index < -0.39 is 5.97 Å². The van der Waals surface area contributed by atoms with Crippen LogP contribution in [-0.2, 0) is 6.61 Å². The van der Waals surface area contributed by atoms with Gasteiger partial charge in [0.15, 0.2) is 0 Å². The molecule has 2 aromatic carbocycles. The van der Waals surface area contributed by atoms with Crippen molar-refractivity contribution >= 4 is 34.9 Å². The highest BCUT2D eigenvalue weighted by Crippen LogP contribution is 2.29. The van der Waals surface area contributed by atoms with Crippen LogP contribution in [0.25, 0.3) is 0 Å². The minimum absolute atomic E-state index is 0.0642. The number of benzene rings is 2. The average molecular weight is 312 g/mol. The molecule has 4 nitrogen and oxygen atoms in total. The summed E-state index contributed by atoms with van der Waals surface area (Å²) in [6.07, 6.45) is 0. The molecule has 0 saturated carbocycles. The lowest BCUT2D eigenvalue weighted by molar-refractivity contribution is 0.0693. The fourth-order valence-corrected chi connectivity index (χ4v) is 2.09. The molecule has 0 amide bonds. The van der Waals surface area contributed by atoms with Crippen LogP contribution < -0.4 is 10.5 Å². The zero-order chi connectivity index (χ0) is 14.7. The van der Waals surface area contributed by atoms with Gasteiger partial charge in [0.2, 0.25) is 0 Å². The van der Waals surface area contributed by atoms with Gasteiger partial charge in [0, 0.05) is 11.3 Å². The summed E-state index contributed by atoms with van der Waals surface area (Å²) in [4.78, 5) is 11.2. The summed E-state index contributed by atoms with van der Waals surface area (Å²) in [6.45, 7) is 0.100. The van der Waals surface area contributed by atoms with E-state index in [1.54, 1.807) is 24.3 Å². The van der Waals surface area contributed by atoms with Crippen molar-refractivity contribution < 1.29 is 14.6 Å². The van der Waals surface area contributed by atoms with Gasteiger partial charge in [-0.2, -0.15) is 0 Å². The maximum absolute atomic E-state index is 11.2. The van der Waals surface area contributed by atoms with Gasteiger partial charge in [0.1, 0.15) is 17.9 Å². The van der Waals surface area contributed by atoms with Crippen molar-refractivity contribution in [2.45, 2.75) is 6.61 Å². The van der Waals surface area contributed by atoms with Crippen LogP contribution >= 0.6 is 23.2 Å². The number of carboxylic acid groups (broad SMARTS) is 1. The second-order valence-electron chi connectivity index (χ2n) is 4.03. The Morgan fingerprint density at radius 1 is 1.20 bits per heavy atom. The van der Waals surface area contributed by atoms with Crippen LogP contribution in [0.1, 0.15) is 15.9 Å². The van der Waals surface area contributed by atoms with E-state index in [4.69, 9.17) is 38.8 Å². The number of hydrogen-bond donors (Lipinski definition) is 2. The third kappa shape index (κ3) is 2.98. The molecule has 0 heterocycles. The van der Waals surface area contributed by atoms with E-state index in [0.717, 1.165) is 0 Å². The number of rotatable bonds is 4. The second-order valence-corrected chi connectivity index (χ2v) is 4.81. The molecule has 0 spiro atoms. The second kappa shape index (κ2) is 6.03. The fourth-order valence-electron chi connectivity index (χ4n) is 1.71. The number of nitrogen functional groups attached to an aromatic ring is 1. The van der Waals surface area contributed by atoms with Gasteiger partial charge in [-0.05, 0) is 18.2 Å². The van der Waals surface area contributed by atoms with Crippen LogP contribution in [-0.4, -0.2) is 11.1 Å². The molecular weight excluding hydrogens is 301 g/mol. The number of ether oxygens (including phenoxy) is 1. The molecule has 0 fully saturated rings. The van der Waals surface area contributed by atoms with Crippen LogP contribution in [0.2, 0.25) is 10.0 Å². The third-order valence-electron chi connectivity index (χ3n) is 2.69. The van der Waals surface area contributed by atoms with Crippen molar-refractivity contribution in [1.82, 2.24) is 0 Å². The van der Waals surface area contributed by atoms with E-state index >= 15 is 0 Å². The fraction of sp³-hybridized carbons (Fsp3) is 0.0714. The van der Waals surface area contributed by atoms with Gasteiger partial charge < -0.3 is 15.6 Å². The summed E-state index contributed by atoms with van der Waals surface area (Å²) in [5, 5.41) is 9.93. The summed E-state index contributed by atoms with van der Waals surface area (Å²) in [5.74, 6) is -0.955. The lowest BCUT2D eigenvalue weighted by Crippen LogP contribution is -2.07. The van der Waals surface area contributed by atoms with E-state index in [9.17, 15) is 4.79 Å². The van der Waals surface area contributed by atoms with Crippen LogP contribution in [0, 0.1) is 0 Å². The third-order valence-corrected chi connectivity index (χ3v) is 3.55. The van der Waals surface area contributed by atoms with Gasteiger partial charge in [-0.1, -0.05) is 41.4 Å². The molecule has 2 aromatic rings. The molecule has 0 aromatic heterocycles. The first-order valence-corrected chi connectivity index (χ1v) is 6.43. The zero-order valence-electron chi connectivity index (χ0n) is 10.3. The van der Waals surface area contributed by atoms with Gasteiger partial charge in [-0.25, -0.2) is 4.79 Å². The summed E-state index contributed by atoms with van der Waals surface area (Å²) >= 11 is 11.9. The van der Waals surface area contributed by atoms with Crippen LogP contribution in [0.5, 0.6) is 5.75 Å². The van der Waals surface area contributed by atoms with Crippen molar-refractivity contribution in [2.24, 2.45) is 0 Å². The average Bonchev–Trinajstić information content (AvgIpc) is 2.40. The Balaban J connectivity index is 2.26. The van der Waals surface area contributed by atoms with E-state index in [1.165, 1.54) is 12.1 Å². The monoisotopic (exact) mass is 311 g/mol. The number of carboxylic acids is 1. The first-order chi connectivity index (χ1) is 9.50. The molecule has 3 N–H and O–H groups in total. The SMILES string of the molecule is Nc1cccc(OCc2cccc(Cl)c2Cl)c1C(=O)O. The number of carbonyl (C=O) groups is 1. The summed E-state index contributed by atoms with van der Waals surface area (Å²) in [6, 6.07) is 9.82. The molecule has 6 heteroatoms. The normalized spacial score (nSPS) is 10.3. The largest absolute Gasteiger partial charge is 0.488 e. The van der Waals surface area contributed by atoms with Gasteiger partial charge in [-0.15, -0.1) is 0 Å². The van der Waals surface area contributed by atoms with Gasteiger partial charge in [-0.3, -0.25) is 0 Å². The Morgan fingerprint density at radius 3 is 2.60 bits per heavy atom.